The lowest BCUT2D eigenvalue weighted by atomic mass is 10.2. The van der Waals surface area contributed by atoms with Crippen LogP contribution in [0.4, 0.5) is 11.6 Å². The second kappa shape index (κ2) is 12.3. The predicted octanol–water partition coefficient (Wildman–Crippen LogP) is 1.97. The van der Waals surface area contributed by atoms with E-state index in [1.54, 1.807) is 6.07 Å². The Hall–Kier alpha value is -3.73. The molecule has 1 aliphatic rings. The minimum atomic E-state index is -0.591. The van der Waals surface area contributed by atoms with Gasteiger partial charge in [0.25, 0.3) is 0 Å². The van der Waals surface area contributed by atoms with E-state index in [1.807, 2.05) is 54.7 Å². The Balaban J connectivity index is 1.37. The first-order valence-electron chi connectivity index (χ1n) is 12.0. The summed E-state index contributed by atoms with van der Waals surface area (Å²) in [6.07, 6.45) is 1.38. The molecule has 1 unspecified atom stereocenters. The summed E-state index contributed by atoms with van der Waals surface area (Å²) in [7, 11) is 0. The lowest BCUT2D eigenvalue weighted by molar-refractivity contribution is -0.118. The van der Waals surface area contributed by atoms with Crippen LogP contribution in [-0.2, 0) is 16.1 Å². The fourth-order valence-corrected chi connectivity index (χ4v) is 4.06. The molecule has 1 amide bonds. The van der Waals surface area contributed by atoms with Crippen LogP contribution in [-0.4, -0.2) is 75.3 Å². The average Bonchev–Trinajstić information content (AvgIpc) is 2.85. The first kappa shape index (κ1) is 25.4. The molecule has 1 atom stereocenters. The number of hydrogen-bond acceptors (Lipinski definition) is 9. The Morgan fingerprint density at radius 2 is 1.67 bits per heavy atom. The molecule has 1 saturated heterocycles. The number of nitrogens with two attached hydrogens (primary N) is 1. The molecular formula is C26H32N8O2. The van der Waals surface area contributed by atoms with E-state index in [0.29, 0.717) is 17.5 Å². The zero-order chi connectivity index (χ0) is 25.3. The quantitative estimate of drug-likeness (QED) is 0.367. The van der Waals surface area contributed by atoms with Gasteiger partial charge in [0.15, 0.2) is 5.82 Å². The van der Waals surface area contributed by atoms with E-state index in [1.165, 1.54) is 6.92 Å². The Morgan fingerprint density at radius 1 is 0.972 bits per heavy atom. The third-order valence-corrected chi connectivity index (χ3v) is 5.81. The van der Waals surface area contributed by atoms with Crippen LogP contribution in [0.5, 0.6) is 0 Å². The Kier molecular flexibility index (Phi) is 8.66. The zero-order valence-electron chi connectivity index (χ0n) is 20.4. The molecule has 0 spiro atoms. The molecule has 1 aliphatic heterocycles. The highest BCUT2D eigenvalue weighted by Gasteiger charge is 2.20. The van der Waals surface area contributed by atoms with Crippen LogP contribution < -0.4 is 16.4 Å². The van der Waals surface area contributed by atoms with Crippen molar-refractivity contribution in [1.82, 2.24) is 24.8 Å². The van der Waals surface area contributed by atoms with Gasteiger partial charge in [-0.1, -0.05) is 36.4 Å². The lowest BCUT2D eigenvalue weighted by Crippen LogP contribution is -2.48. The van der Waals surface area contributed by atoms with Crippen LogP contribution in [0.25, 0.3) is 11.4 Å². The van der Waals surface area contributed by atoms with E-state index in [4.69, 9.17) is 5.73 Å². The topological polar surface area (TPSA) is 129 Å². The molecule has 1 aromatic carbocycles. The molecule has 0 aliphatic carbocycles. The summed E-state index contributed by atoms with van der Waals surface area (Å²) in [5, 5.41) is 5.94. The predicted molar refractivity (Wildman–Crippen MR) is 139 cm³/mol. The maximum atomic E-state index is 12.9. The smallest absolute Gasteiger partial charge is 0.239 e. The molecule has 3 aromatic rings. The highest BCUT2D eigenvalue weighted by atomic mass is 16.2. The summed E-state index contributed by atoms with van der Waals surface area (Å²) < 4.78 is 0. The molecule has 1 fully saturated rings. The molecule has 3 heterocycles. The lowest BCUT2D eigenvalue weighted by Gasteiger charge is -2.34. The van der Waals surface area contributed by atoms with Crippen molar-refractivity contribution in [2.24, 2.45) is 5.73 Å². The minimum Gasteiger partial charge on any atom is -0.354 e. The van der Waals surface area contributed by atoms with Crippen molar-refractivity contribution in [3.8, 4) is 11.4 Å². The van der Waals surface area contributed by atoms with Crippen LogP contribution in [0.2, 0.25) is 0 Å². The number of Topliss-reactive ketones (excluding diaryl/α,β-unsaturated/α-hetero) is 1. The molecule has 10 nitrogen and oxygen atoms in total. The van der Waals surface area contributed by atoms with Gasteiger partial charge >= 0.3 is 0 Å². The van der Waals surface area contributed by atoms with Crippen LogP contribution in [0.15, 0.2) is 60.8 Å². The summed E-state index contributed by atoms with van der Waals surface area (Å²) in [5.41, 5.74) is 7.89. The maximum absolute atomic E-state index is 12.9. The number of piperazine rings is 1. The summed E-state index contributed by atoms with van der Waals surface area (Å²) in [6.45, 7) is 5.91. The highest BCUT2D eigenvalue weighted by molar-refractivity contribution is 5.92. The number of nitrogens with zero attached hydrogens (tertiary/aromatic N) is 5. The van der Waals surface area contributed by atoms with Crippen LogP contribution >= 0.6 is 0 Å². The summed E-state index contributed by atoms with van der Waals surface area (Å²) in [6, 6.07) is 17.1. The van der Waals surface area contributed by atoms with Crippen molar-refractivity contribution < 1.29 is 9.59 Å². The number of benzene rings is 1. The fraction of sp³-hybridized carbons (Fsp3) is 0.346. The fourth-order valence-electron chi connectivity index (χ4n) is 4.06. The summed E-state index contributed by atoms with van der Waals surface area (Å²) >= 11 is 0. The summed E-state index contributed by atoms with van der Waals surface area (Å²) in [5.74, 6) is 1.09. The zero-order valence-corrected chi connectivity index (χ0v) is 20.4. The molecule has 2 aromatic heterocycles. The largest absolute Gasteiger partial charge is 0.354 e. The number of carbonyl (C=O) groups is 2. The van der Waals surface area contributed by atoms with Gasteiger partial charge in [0.1, 0.15) is 17.4 Å². The molecule has 0 saturated carbocycles. The number of nitrogens with one attached hydrogen (secondary N) is 2. The molecule has 10 heteroatoms. The van der Waals surface area contributed by atoms with Gasteiger partial charge in [-0.2, -0.15) is 0 Å². The third kappa shape index (κ3) is 7.64. The van der Waals surface area contributed by atoms with Gasteiger partial charge in [-0.3, -0.25) is 24.4 Å². The SMILES string of the molecule is CC(=O)CC(N)Nc1cc(NC(=O)CN2CCN(Cc3ccccn3)CC2)nc(-c2ccccc2)n1. The number of aromatic nitrogens is 3. The number of pyridine rings is 1. The minimum absolute atomic E-state index is 0.0269. The van der Waals surface area contributed by atoms with Gasteiger partial charge in [0, 0.05) is 57.0 Å². The van der Waals surface area contributed by atoms with Gasteiger partial charge in [-0.05, 0) is 19.1 Å². The van der Waals surface area contributed by atoms with Gasteiger partial charge < -0.3 is 16.4 Å². The molecule has 36 heavy (non-hydrogen) atoms. The molecule has 0 bridgehead atoms. The first-order chi connectivity index (χ1) is 17.4. The average molecular weight is 489 g/mol. The van der Waals surface area contributed by atoms with E-state index in [0.717, 1.165) is 44.0 Å². The van der Waals surface area contributed by atoms with Gasteiger partial charge in [-0.25, -0.2) is 9.97 Å². The summed E-state index contributed by atoms with van der Waals surface area (Å²) in [4.78, 5) is 42.2. The Bertz CT molecular complexity index is 1150. The molecule has 188 valence electrons. The second-order valence-corrected chi connectivity index (χ2v) is 8.91. The number of amides is 1. The number of ketones is 1. The molecule has 4 N–H and O–H groups in total. The van der Waals surface area contributed by atoms with Gasteiger partial charge in [-0.15, -0.1) is 0 Å². The van der Waals surface area contributed by atoms with Crippen molar-refractivity contribution in [2.75, 3.05) is 43.4 Å². The Morgan fingerprint density at radius 3 is 2.36 bits per heavy atom. The number of rotatable bonds is 10. The van der Waals surface area contributed by atoms with E-state index in [2.05, 4.69) is 35.4 Å². The van der Waals surface area contributed by atoms with E-state index >= 15 is 0 Å². The highest BCUT2D eigenvalue weighted by Crippen LogP contribution is 2.21. The maximum Gasteiger partial charge on any atom is 0.239 e. The number of hydrogen-bond donors (Lipinski definition) is 3. The Labute approximate surface area is 210 Å². The van der Waals surface area contributed by atoms with E-state index in [9.17, 15) is 9.59 Å². The molecule has 0 radical (unpaired) electrons. The van der Waals surface area contributed by atoms with Crippen molar-refractivity contribution in [3.63, 3.8) is 0 Å². The van der Waals surface area contributed by atoms with Gasteiger partial charge in [0.05, 0.1) is 18.4 Å². The van der Waals surface area contributed by atoms with Crippen molar-refractivity contribution in [1.29, 1.82) is 0 Å². The van der Waals surface area contributed by atoms with E-state index in [-0.39, 0.29) is 24.7 Å². The number of carbonyl (C=O) groups excluding carboxylic acids is 2. The standard InChI is InChI=1S/C26H32N8O2/c1-19(35)15-22(27)29-23-16-24(32-26(31-23)20-7-3-2-4-8-20)30-25(36)18-34-13-11-33(12-14-34)17-21-9-5-6-10-28-21/h2-10,16,22H,11-15,17-18,27H2,1H3,(H2,29,30,31,32,36). The van der Waals surface area contributed by atoms with Crippen molar-refractivity contribution >= 4 is 23.3 Å². The molecule has 4 rings (SSSR count). The first-order valence-corrected chi connectivity index (χ1v) is 12.0. The van der Waals surface area contributed by atoms with Crippen molar-refractivity contribution in [3.05, 3.63) is 66.5 Å². The van der Waals surface area contributed by atoms with Crippen LogP contribution in [0.1, 0.15) is 19.0 Å². The van der Waals surface area contributed by atoms with Crippen LogP contribution in [0.3, 0.4) is 0 Å². The number of anilines is 2. The molecular weight excluding hydrogens is 456 g/mol. The monoisotopic (exact) mass is 488 g/mol. The normalized spacial score (nSPS) is 15.3. The van der Waals surface area contributed by atoms with E-state index < -0.39 is 6.17 Å². The third-order valence-electron chi connectivity index (χ3n) is 5.81. The van der Waals surface area contributed by atoms with Gasteiger partial charge in [0.2, 0.25) is 5.91 Å². The van der Waals surface area contributed by atoms with Crippen LogP contribution in [0, 0.1) is 0 Å². The van der Waals surface area contributed by atoms with Crippen molar-refractivity contribution in [2.45, 2.75) is 26.1 Å². The second-order valence-electron chi connectivity index (χ2n) is 8.91.